The fourth-order valence-electron chi connectivity index (χ4n) is 2.78. The minimum atomic E-state index is -0.248. The maximum absolute atomic E-state index is 12.2. The van der Waals surface area contributed by atoms with Crippen LogP contribution in [0.2, 0.25) is 0 Å². The zero-order chi connectivity index (χ0) is 16.1. The van der Waals surface area contributed by atoms with E-state index in [2.05, 4.69) is 27.4 Å². The lowest BCUT2D eigenvalue weighted by atomic mass is 10.1. The van der Waals surface area contributed by atoms with Crippen molar-refractivity contribution in [2.24, 2.45) is 0 Å². The third-order valence-electron chi connectivity index (χ3n) is 4.06. The van der Waals surface area contributed by atoms with E-state index < -0.39 is 0 Å². The van der Waals surface area contributed by atoms with Gasteiger partial charge >= 0.3 is 6.03 Å². The first-order valence-corrected chi connectivity index (χ1v) is 8.13. The topological polar surface area (TPSA) is 57.3 Å². The second-order valence-corrected chi connectivity index (χ2v) is 5.70. The average Bonchev–Trinajstić information content (AvgIpc) is 3.10. The molecule has 0 spiro atoms. The maximum Gasteiger partial charge on any atom is 0.323 e. The highest BCUT2D eigenvalue weighted by molar-refractivity contribution is 6.01. The summed E-state index contributed by atoms with van der Waals surface area (Å²) in [7, 11) is 0. The summed E-state index contributed by atoms with van der Waals surface area (Å²) in [6.07, 6.45) is 5.10. The van der Waals surface area contributed by atoms with E-state index >= 15 is 0 Å². The molecule has 1 aromatic carbocycles. The Balaban J connectivity index is 1.67. The van der Waals surface area contributed by atoms with Gasteiger partial charge in [-0.1, -0.05) is 19.1 Å². The molecule has 2 aromatic rings. The lowest BCUT2D eigenvalue weighted by Crippen LogP contribution is -2.24. The van der Waals surface area contributed by atoms with Gasteiger partial charge in [0, 0.05) is 25.0 Å². The van der Waals surface area contributed by atoms with E-state index in [4.69, 9.17) is 0 Å². The minimum absolute atomic E-state index is 0.248. The molecule has 1 saturated heterocycles. The molecule has 0 unspecified atom stereocenters. The summed E-state index contributed by atoms with van der Waals surface area (Å²) in [5, 5.41) is 5.77. The predicted octanol–water partition coefficient (Wildman–Crippen LogP) is 3.89. The van der Waals surface area contributed by atoms with E-state index in [-0.39, 0.29) is 6.03 Å². The average molecular weight is 310 g/mol. The van der Waals surface area contributed by atoms with Crippen LogP contribution in [0.4, 0.5) is 22.0 Å². The van der Waals surface area contributed by atoms with Crippen LogP contribution < -0.4 is 15.5 Å². The van der Waals surface area contributed by atoms with Crippen LogP contribution in [0, 0.1) is 0 Å². The molecule has 0 radical (unpaired) electrons. The Hall–Kier alpha value is -2.56. The number of amides is 2. The van der Waals surface area contributed by atoms with Gasteiger partial charge in [0.2, 0.25) is 0 Å². The number of urea groups is 1. The number of pyridine rings is 1. The van der Waals surface area contributed by atoms with E-state index in [1.165, 1.54) is 18.4 Å². The highest BCUT2D eigenvalue weighted by atomic mass is 16.2. The molecule has 1 aromatic heterocycles. The highest BCUT2D eigenvalue weighted by Crippen LogP contribution is 2.26. The Kier molecular flexibility index (Phi) is 4.76. The summed E-state index contributed by atoms with van der Waals surface area (Å²) in [4.78, 5) is 18.9. The molecule has 3 rings (SSSR count). The molecule has 2 heterocycles. The summed E-state index contributed by atoms with van der Waals surface area (Å²) in [6, 6.07) is 11.4. The van der Waals surface area contributed by atoms with Gasteiger partial charge in [-0.15, -0.1) is 0 Å². The molecular weight excluding hydrogens is 288 g/mol. The monoisotopic (exact) mass is 310 g/mol. The second kappa shape index (κ2) is 7.13. The van der Waals surface area contributed by atoms with Gasteiger partial charge in [-0.2, -0.15) is 0 Å². The lowest BCUT2D eigenvalue weighted by molar-refractivity contribution is 0.262. The van der Waals surface area contributed by atoms with Crippen molar-refractivity contribution < 1.29 is 4.79 Å². The number of hydrogen-bond acceptors (Lipinski definition) is 3. The maximum atomic E-state index is 12.2. The first-order valence-electron chi connectivity index (χ1n) is 8.13. The van der Waals surface area contributed by atoms with Crippen molar-refractivity contribution in [2.45, 2.75) is 26.2 Å². The highest BCUT2D eigenvalue weighted by Gasteiger charge is 2.17. The van der Waals surface area contributed by atoms with Gasteiger partial charge in [-0.3, -0.25) is 0 Å². The number of nitrogens with one attached hydrogen (secondary N) is 2. The molecule has 5 heteroatoms. The van der Waals surface area contributed by atoms with E-state index in [1.807, 2.05) is 36.4 Å². The number of benzene rings is 1. The number of aryl methyl sites for hydroxylation is 1. The van der Waals surface area contributed by atoms with Crippen LogP contribution >= 0.6 is 0 Å². The third-order valence-corrected chi connectivity index (χ3v) is 4.06. The number of rotatable bonds is 4. The summed E-state index contributed by atoms with van der Waals surface area (Å²) in [5.41, 5.74) is 2.78. The Morgan fingerprint density at radius 1 is 1.13 bits per heavy atom. The molecule has 0 aliphatic carbocycles. The van der Waals surface area contributed by atoms with Crippen LogP contribution in [-0.2, 0) is 6.42 Å². The standard InChI is InChI=1S/C18H22N4O/c1-2-14-7-9-15(10-8-14)20-18(23)21-16-6-5-11-19-17(16)22-12-3-4-13-22/h5-11H,2-4,12-13H2,1H3,(H2,20,21,23). The van der Waals surface area contributed by atoms with Crippen molar-refractivity contribution >= 4 is 23.2 Å². The van der Waals surface area contributed by atoms with Crippen molar-refractivity contribution in [1.29, 1.82) is 0 Å². The first-order chi connectivity index (χ1) is 11.3. The number of nitrogens with zero attached hydrogens (tertiary/aromatic N) is 2. The van der Waals surface area contributed by atoms with Crippen molar-refractivity contribution in [3.8, 4) is 0 Å². The number of anilines is 3. The van der Waals surface area contributed by atoms with Gasteiger partial charge < -0.3 is 15.5 Å². The molecule has 5 nitrogen and oxygen atoms in total. The number of carbonyl (C=O) groups is 1. The van der Waals surface area contributed by atoms with Crippen LogP contribution in [0.3, 0.4) is 0 Å². The lowest BCUT2D eigenvalue weighted by Gasteiger charge is -2.20. The van der Waals surface area contributed by atoms with Gasteiger partial charge in [-0.25, -0.2) is 9.78 Å². The minimum Gasteiger partial charge on any atom is -0.355 e. The molecule has 120 valence electrons. The Morgan fingerprint density at radius 2 is 1.87 bits per heavy atom. The molecule has 2 amide bonds. The molecule has 1 fully saturated rings. The van der Waals surface area contributed by atoms with Crippen LogP contribution in [0.15, 0.2) is 42.6 Å². The summed E-state index contributed by atoms with van der Waals surface area (Å²) < 4.78 is 0. The van der Waals surface area contributed by atoms with Crippen molar-refractivity contribution in [2.75, 3.05) is 28.6 Å². The molecule has 2 N–H and O–H groups in total. The molecule has 0 atom stereocenters. The van der Waals surface area contributed by atoms with Gasteiger partial charge in [0.25, 0.3) is 0 Å². The molecule has 1 aliphatic heterocycles. The van der Waals surface area contributed by atoms with Crippen molar-refractivity contribution in [1.82, 2.24) is 4.98 Å². The fourth-order valence-corrected chi connectivity index (χ4v) is 2.78. The van der Waals surface area contributed by atoms with Crippen molar-refractivity contribution in [3.05, 3.63) is 48.2 Å². The quantitative estimate of drug-likeness (QED) is 0.901. The molecule has 1 aliphatic rings. The number of hydrogen-bond donors (Lipinski definition) is 2. The van der Waals surface area contributed by atoms with Crippen LogP contribution in [0.1, 0.15) is 25.3 Å². The molecular formula is C18H22N4O. The van der Waals surface area contributed by atoms with Crippen LogP contribution in [-0.4, -0.2) is 24.1 Å². The molecule has 0 saturated carbocycles. The van der Waals surface area contributed by atoms with Crippen LogP contribution in [0.25, 0.3) is 0 Å². The summed E-state index contributed by atoms with van der Waals surface area (Å²) in [6.45, 7) is 4.09. The largest absolute Gasteiger partial charge is 0.355 e. The Bertz CT molecular complexity index is 663. The number of aromatic nitrogens is 1. The Morgan fingerprint density at radius 3 is 2.57 bits per heavy atom. The number of carbonyl (C=O) groups excluding carboxylic acids is 1. The third kappa shape index (κ3) is 3.80. The summed E-state index contributed by atoms with van der Waals surface area (Å²) >= 11 is 0. The predicted molar refractivity (Wildman–Crippen MR) is 94.1 cm³/mol. The van der Waals surface area contributed by atoms with Gasteiger partial charge in [0.05, 0.1) is 5.69 Å². The van der Waals surface area contributed by atoms with Gasteiger partial charge in [0.15, 0.2) is 5.82 Å². The van der Waals surface area contributed by atoms with Gasteiger partial charge in [0.1, 0.15) is 0 Å². The zero-order valence-electron chi connectivity index (χ0n) is 13.4. The van der Waals surface area contributed by atoms with E-state index in [0.717, 1.165) is 36.7 Å². The zero-order valence-corrected chi connectivity index (χ0v) is 13.4. The smallest absolute Gasteiger partial charge is 0.323 e. The molecule has 0 bridgehead atoms. The van der Waals surface area contributed by atoms with Gasteiger partial charge in [-0.05, 0) is 49.1 Å². The van der Waals surface area contributed by atoms with E-state index in [9.17, 15) is 4.79 Å². The van der Waals surface area contributed by atoms with E-state index in [0.29, 0.717) is 0 Å². The fraction of sp³-hybridized carbons (Fsp3) is 0.333. The SMILES string of the molecule is CCc1ccc(NC(=O)Nc2cccnc2N2CCCC2)cc1. The molecule has 23 heavy (non-hydrogen) atoms. The first kappa shape index (κ1) is 15.3. The Labute approximate surface area is 136 Å². The second-order valence-electron chi connectivity index (χ2n) is 5.70. The van der Waals surface area contributed by atoms with Crippen LogP contribution in [0.5, 0.6) is 0 Å². The normalized spacial score (nSPS) is 13.9. The summed E-state index contributed by atoms with van der Waals surface area (Å²) in [5.74, 6) is 0.849. The van der Waals surface area contributed by atoms with Crippen molar-refractivity contribution in [3.63, 3.8) is 0 Å². The van der Waals surface area contributed by atoms with E-state index in [1.54, 1.807) is 6.20 Å².